The first-order valence-electron chi connectivity index (χ1n) is 10.2. The molecule has 8 heteroatoms. The molecule has 162 valence electrons. The normalized spacial score (nSPS) is 17.1. The van der Waals surface area contributed by atoms with Crippen LogP contribution in [0.5, 0.6) is 0 Å². The number of piperidine rings is 1. The number of guanidine groups is 1. The Labute approximate surface area is 172 Å². The second-order valence-corrected chi connectivity index (χ2v) is 7.78. The molecule has 1 fully saturated rings. The molecule has 0 radical (unpaired) electrons. The summed E-state index contributed by atoms with van der Waals surface area (Å²) < 4.78 is 26.6. The van der Waals surface area contributed by atoms with Crippen LogP contribution >= 0.6 is 0 Å². The van der Waals surface area contributed by atoms with Crippen molar-refractivity contribution in [3.05, 3.63) is 35.4 Å². The van der Waals surface area contributed by atoms with E-state index < -0.39 is 11.6 Å². The van der Waals surface area contributed by atoms with E-state index in [0.717, 1.165) is 50.1 Å². The number of aliphatic imine (C=N–C) groups is 1. The van der Waals surface area contributed by atoms with Crippen molar-refractivity contribution >= 4 is 11.9 Å². The first-order chi connectivity index (χ1) is 13.8. The van der Waals surface area contributed by atoms with Gasteiger partial charge in [0, 0.05) is 52.2 Å². The summed E-state index contributed by atoms with van der Waals surface area (Å²) in [6.45, 7) is 7.34. The highest BCUT2D eigenvalue weighted by atomic mass is 19.2. The van der Waals surface area contributed by atoms with Gasteiger partial charge >= 0.3 is 0 Å². The van der Waals surface area contributed by atoms with Gasteiger partial charge in [-0.25, -0.2) is 8.78 Å². The first-order valence-corrected chi connectivity index (χ1v) is 10.2. The number of carbonyl (C=O) groups is 1. The van der Waals surface area contributed by atoms with Crippen LogP contribution in [0.1, 0.15) is 38.2 Å². The van der Waals surface area contributed by atoms with E-state index in [-0.39, 0.29) is 17.9 Å². The predicted molar refractivity (Wildman–Crippen MR) is 112 cm³/mol. The Hall–Kier alpha value is -2.22. The SMILES string of the molecule is CCNC(=NCC(C)c1ccc(F)c(F)c1)NC1CCN(CC(=O)N(C)C)CC1. The molecule has 0 aromatic heterocycles. The lowest BCUT2D eigenvalue weighted by atomic mass is 10.0. The number of likely N-dealkylation sites (tertiary alicyclic amines) is 1. The average molecular weight is 410 g/mol. The number of carbonyl (C=O) groups excluding carboxylic acids is 1. The van der Waals surface area contributed by atoms with E-state index in [1.54, 1.807) is 25.1 Å². The molecule has 2 rings (SSSR count). The van der Waals surface area contributed by atoms with Gasteiger partial charge < -0.3 is 15.5 Å². The molecule has 6 nitrogen and oxygen atoms in total. The van der Waals surface area contributed by atoms with Crippen LogP contribution in [0.3, 0.4) is 0 Å². The lowest BCUT2D eigenvalue weighted by Crippen LogP contribution is -2.50. The summed E-state index contributed by atoms with van der Waals surface area (Å²) in [4.78, 5) is 20.3. The maximum absolute atomic E-state index is 13.5. The zero-order chi connectivity index (χ0) is 21.4. The number of amides is 1. The number of halogens is 2. The van der Waals surface area contributed by atoms with Crippen molar-refractivity contribution in [1.29, 1.82) is 0 Å². The summed E-state index contributed by atoms with van der Waals surface area (Å²) in [6.07, 6.45) is 1.87. The van der Waals surface area contributed by atoms with Crippen LogP contribution in [0.15, 0.2) is 23.2 Å². The molecule has 1 aliphatic rings. The topological polar surface area (TPSA) is 60.0 Å². The van der Waals surface area contributed by atoms with E-state index >= 15 is 0 Å². The summed E-state index contributed by atoms with van der Waals surface area (Å²) in [5.74, 6) is -0.845. The van der Waals surface area contributed by atoms with Crippen molar-refractivity contribution < 1.29 is 13.6 Å². The van der Waals surface area contributed by atoms with Gasteiger partial charge in [0.15, 0.2) is 17.6 Å². The zero-order valence-electron chi connectivity index (χ0n) is 17.8. The van der Waals surface area contributed by atoms with Crippen LogP contribution in [0.2, 0.25) is 0 Å². The quantitative estimate of drug-likeness (QED) is 0.535. The molecule has 1 amide bonds. The fraction of sp³-hybridized carbons (Fsp3) is 0.619. The molecule has 0 saturated carbocycles. The molecule has 2 N–H and O–H groups in total. The van der Waals surface area contributed by atoms with Crippen LogP contribution in [-0.2, 0) is 4.79 Å². The van der Waals surface area contributed by atoms with Gasteiger partial charge in [-0.2, -0.15) is 0 Å². The Kier molecular flexibility index (Phi) is 8.82. The molecule has 0 spiro atoms. The summed E-state index contributed by atoms with van der Waals surface area (Å²) in [5.41, 5.74) is 0.724. The Morgan fingerprint density at radius 1 is 1.28 bits per heavy atom. The van der Waals surface area contributed by atoms with E-state index in [4.69, 9.17) is 0 Å². The Morgan fingerprint density at radius 3 is 2.55 bits per heavy atom. The van der Waals surface area contributed by atoms with Crippen LogP contribution in [0, 0.1) is 11.6 Å². The largest absolute Gasteiger partial charge is 0.357 e. The van der Waals surface area contributed by atoms with Gasteiger partial charge in [-0.05, 0) is 37.5 Å². The number of benzene rings is 1. The van der Waals surface area contributed by atoms with E-state index in [9.17, 15) is 13.6 Å². The summed E-state index contributed by atoms with van der Waals surface area (Å²) in [7, 11) is 3.55. The first kappa shape index (κ1) is 23.1. The molecular weight excluding hydrogens is 376 g/mol. The van der Waals surface area contributed by atoms with Crippen molar-refractivity contribution in [3.63, 3.8) is 0 Å². The molecule has 1 aromatic carbocycles. The molecule has 1 unspecified atom stereocenters. The van der Waals surface area contributed by atoms with Gasteiger partial charge in [0.25, 0.3) is 0 Å². The van der Waals surface area contributed by atoms with E-state index in [2.05, 4.69) is 20.5 Å². The smallest absolute Gasteiger partial charge is 0.236 e. The standard InChI is InChI=1S/C21H33F2N5O/c1-5-24-21(25-13-15(2)16-6-7-18(22)19(23)12-16)26-17-8-10-28(11-9-17)14-20(29)27(3)4/h6-7,12,15,17H,5,8-11,13-14H2,1-4H3,(H2,24,25,26). The number of nitrogens with zero attached hydrogens (tertiary/aromatic N) is 3. The maximum atomic E-state index is 13.5. The Bertz CT molecular complexity index is 702. The number of likely N-dealkylation sites (N-methyl/N-ethyl adjacent to an activating group) is 1. The lowest BCUT2D eigenvalue weighted by molar-refractivity contribution is -0.130. The van der Waals surface area contributed by atoms with Gasteiger partial charge in [0.2, 0.25) is 5.91 Å². The molecule has 0 bridgehead atoms. The third-order valence-electron chi connectivity index (χ3n) is 5.17. The molecule has 1 heterocycles. The van der Waals surface area contributed by atoms with Crippen molar-refractivity contribution in [2.24, 2.45) is 4.99 Å². The highest BCUT2D eigenvalue weighted by Crippen LogP contribution is 2.18. The van der Waals surface area contributed by atoms with Crippen molar-refractivity contribution in [1.82, 2.24) is 20.4 Å². The minimum atomic E-state index is -0.835. The number of rotatable bonds is 7. The third kappa shape index (κ3) is 7.27. The van der Waals surface area contributed by atoms with E-state index in [1.165, 1.54) is 6.07 Å². The third-order valence-corrected chi connectivity index (χ3v) is 5.17. The average Bonchev–Trinajstić information content (AvgIpc) is 2.69. The monoisotopic (exact) mass is 409 g/mol. The van der Waals surface area contributed by atoms with Crippen molar-refractivity contribution in [2.75, 3.05) is 46.8 Å². The molecule has 0 aliphatic carbocycles. The summed E-state index contributed by atoms with van der Waals surface area (Å²) in [5, 5.41) is 6.71. The molecule has 29 heavy (non-hydrogen) atoms. The Morgan fingerprint density at radius 2 is 1.97 bits per heavy atom. The molecular formula is C21H33F2N5O. The number of hydrogen-bond donors (Lipinski definition) is 2. The molecule has 1 saturated heterocycles. The summed E-state index contributed by atoms with van der Waals surface area (Å²) >= 11 is 0. The minimum absolute atomic E-state index is 0.0283. The van der Waals surface area contributed by atoms with Crippen molar-refractivity contribution in [2.45, 2.75) is 38.6 Å². The predicted octanol–water partition coefficient (Wildman–Crippen LogP) is 2.18. The second kappa shape index (κ2) is 11.1. The van der Waals surface area contributed by atoms with Gasteiger partial charge in [0.05, 0.1) is 6.54 Å². The fourth-order valence-electron chi connectivity index (χ4n) is 3.23. The highest BCUT2D eigenvalue weighted by molar-refractivity contribution is 5.80. The van der Waals surface area contributed by atoms with Crippen LogP contribution < -0.4 is 10.6 Å². The summed E-state index contributed by atoms with van der Waals surface area (Å²) in [6, 6.07) is 4.28. The maximum Gasteiger partial charge on any atom is 0.236 e. The number of hydrogen-bond acceptors (Lipinski definition) is 3. The van der Waals surface area contributed by atoms with E-state index in [0.29, 0.717) is 13.1 Å². The molecule has 1 aliphatic heterocycles. The Balaban J connectivity index is 1.87. The fourth-order valence-corrected chi connectivity index (χ4v) is 3.23. The van der Waals surface area contributed by atoms with Gasteiger partial charge in [-0.1, -0.05) is 13.0 Å². The number of nitrogens with one attached hydrogen (secondary N) is 2. The van der Waals surface area contributed by atoms with Gasteiger partial charge in [-0.15, -0.1) is 0 Å². The van der Waals surface area contributed by atoms with Crippen LogP contribution in [0.25, 0.3) is 0 Å². The van der Waals surface area contributed by atoms with Gasteiger partial charge in [0.1, 0.15) is 0 Å². The van der Waals surface area contributed by atoms with Gasteiger partial charge in [-0.3, -0.25) is 14.7 Å². The highest BCUT2D eigenvalue weighted by Gasteiger charge is 2.22. The minimum Gasteiger partial charge on any atom is -0.357 e. The second-order valence-electron chi connectivity index (χ2n) is 7.78. The zero-order valence-corrected chi connectivity index (χ0v) is 17.8. The molecule has 1 aromatic rings. The van der Waals surface area contributed by atoms with Crippen LogP contribution in [-0.4, -0.2) is 74.5 Å². The van der Waals surface area contributed by atoms with Crippen molar-refractivity contribution in [3.8, 4) is 0 Å². The van der Waals surface area contributed by atoms with E-state index in [1.807, 2.05) is 13.8 Å². The lowest BCUT2D eigenvalue weighted by Gasteiger charge is -2.33. The van der Waals surface area contributed by atoms with Crippen LogP contribution in [0.4, 0.5) is 8.78 Å². The molecule has 1 atom stereocenters.